The smallest absolute Gasteiger partial charge is 0.416 e. The number of alkyl halides is 3. The first-order valence-electron chi connectivity index (χ1n) is 7.98. The van der Waals surface area contributed by atoms with Crippen LogP contribution in [0.25, 0.3) is 0 Å². The highest BCUT2D eigenvalue weighted by Gasteiger charge is 2.37. The summed E-state index contributed by atoms with van der Waals surface area (Å²) in [6.45, 7) is -0.742. The number of halogens is 4. The molecule has 1 fully saturated rings. The van der Waals surface area contributed by atoms with Gasteiger partial charge in [0.2, 0.25) is 0 Å². The minimum atomic E-state index is -4.54. The highest BCUT2D eigenvalue weighted by atomic mass is 32.2. The van der Waals surface area contributed by atoms with Gasteiger partial charge in [-0.25, -0.2) is 18.2 Å². The van der Waals surface area contributed by atoms with E-state index in [0.717, 1.165) is 30.3 Å². The molecule has 3 amide bonds. The molecule has 0 aromatic heterocycles. The van der Waals surface area contributed by atoms with E-state index < -0.39 is 57.7 Å². The van der Waals surface area contributed by atoms with Crippen LogP contribution >= 0.6 is 0 Å². The fourth-order valence-electron chi connectivity index (χ4n) is 2.59. The third-order valence-electron chi connectivity index (χ3n) is 3.84. The van der Waals surface area contributed by atoms with E-state index in [1.165, 1.54) is 0 Å². The third kappa shape index (κ3) is 4.37. The molecule has 0 radical (unpaired) electrons. The Morgan fingerprint density at radius 3 is 2.20 bits per heavy atom. The van der Waals surface area contributed by atoms with Crippen LogP contribution in [0.2, 0.25) is 0 Å². The van der Waals surface area contributed by atoms with Crippen molar-refractivity contribution in [2.75, 3.05) is 21.5 Å². The molecule has 1 heterocycles. The lowest BCUT2D eigenvalue weighted by Gasteiger charge is -2.18. The number of aromatic hydroxyl groups is 1. The first-order valence-corrected chi connectivity index (χ1v) is 9.42. The van der Waals surface area contributed by atoms with Crippen molar-refractivity contribution < 1.29 is 40.7 Å². The van der Waals surface area contributed by atoms with Gasteiger partial charge in [0.05, 0.1) is 5.56 Å². The second kappa shape index (κ2) is 7.37. The fraction of sp³-hybridized carbons (Fsp3) is 0.125. The minimum absolute atomic E-state index is 0.00885. The zero-order valence-corrected chi connectivity index (χ0v) is 15.4. The lowest BCUT2D eigenvalue weighted by atomic mass is 10.2. The Bertz CT molecular complexity index is 1100. The van der Waals surface area contributed by atoms with E-state index in [0.29, 0.717) is 10.4 Å². The van der Waals surface area contributed by atoms with Crippen LogP contribution in [-0.4, -0.2) is 32.0 Å². The zero-order chi connectivity index (χ0) is 22.3. The third-order valence-corrected chi connectivity index (χ3v) is 5.22. The highest BCUT2D eigenvalue weighted by molar-refractivity contribution is 7.92. The summed E-state index contributed by atoms with van der Waals surface area (Å²) in [5.74, 6) is -3.05. The summed E-state index contributed by atoms with van der Waals surface area (Å²) < 4.78 is 77.5. The molecule has 160 valence electrons. The molecule has 0 bridgehead atoms. The van der Waals surface area contributed by atoms with Crippen molar-refractivity contribution in [1.29, 1.82) is 0 Å². The molecule has 0 aliphatic carbocycles. The lowest BCUT2D eigenvalue weighted by Crippen LogP contribution is -2.30. The van der Waals surface area contributed by atoms with Gasteiger partial charge in [0.25, 0.3) is 5.91 Å². The average molecular weight is 448 g/mol. The average Bonchev–Trinajstić information content (AvgIpc) is 2.86. The maximum atomic E-state index is 14.4. The Hall–Kier alpha value is -3.55. The van der Waals surface area contributed by atoms with Gasteiger partial charge in [0.1, 0.15) is 18.0 Å². The largest absolute Gasteiger partial charge is 0.506 e. The SMILES string of the molecule is O=C1CN(c2c(O)cc(NC(=O)Nc3ccc(C(F)(F)F)cc3)cc2F)S(=O)(=O)N1. The molecule has 30 heavy (non-hydrogen) atoms. The number of hydrogen-bond acceptors (Lipinski definition) is 5. The molecular weight excluding hydrogens is 436 g/mol. The second-order valence-electron chi connectivity index (χ2n) is 6.02. The Kier molecular flexibility index (Phi) is 5.20. The van der Waals surface area contributed by atoms with Gasteiger partial charge in [0.15, 0.2) is 5.82 Å². The van der Waals surface area contributed by atoms with E-state index in [4.69, 9.17) is 0 Å². The molecule has 1 saturated heterocycles. The van der Waals surface area contributed by atoms with Crippen LogP contribution < -0.4 is 19.7 Å². The molecule has 4 N–H and O–H groups in total. The van der Waals surface area contributed by atoms with Crippen molar-refractivity contribution in [3.8, 4) is 5.75 Å². The predicted octanol–water partition coefficient (Wildman–Crippen LogP) is 2.38. The first kappa shape index (κ1) is 21.2. The highest BCUT2D eigenvalue weighted by Crippen LogP contribution is 2.36. The van der Waals surface area contributed by atoms with Gasteiger partial charge >= 0.3 is 22.4 Å². The van der Waals surface area contributed by atoms with Gasteiger partial charge < -0.3 is 15.7 Å². The molecule has 1 aliphatic heterocycles. The summed E-state index contributed by atoms with van der Waals surface area (Å²) in [5.41, 5.74) is -1.98. The predicted molar refractivity (Wildman–Crippen MR) is 96.6 cm³/mol. The van der Waals surface area contributed by atoms with Gasteiger partial charge in [-0.3, -0.25) is 4.79 Å². The summed E-state index contributed by atoms with van der Waals surface area (Å²) in [7, 11) is -4.37. The summed E-state index contributed by atoms with van der Waals surface area (Å²) >= 11 is 0. The minimum Gasteiger partial charge on any atom is -0.506 e. The van der Waals surface area contributed by atoms with E-state index >= 15 is 0 Å². The van der Waals surface area contributed by atoms with Gasteiger partial charge in [-0.15, -0.1) is 0 Å². The summed E-state index contributed by atoms with van der Waals surface area (Å²) in [4.78, 5) is 23.2. The monoisotopic (exact) mass is 448 g/mol. The van der Waals surface area contributed by atoms with E-state index in [2.05, 4.69) is 10.6 Å². The Balaban J connectivity index is 1.75. The van der Waals surface area contributed by atoms with Crippen LogP contribution in [-0.2, 0) is 21.2 Å². The molecule has 1 aliphatic rings. The van der Waals surface area contributed by atoms with Gasteiger partial charge in [-0.05, 0) is 30.3 Å². The van der Waals surface area contributed by atoms with Crippen molar-refractivity contribution in [2.45, 2.75) is 6.18 Å². The molecule has 0 unspecified atom stereocenters. The Labute approximate surface area is 166 Å². The summed E-state index contributed by atoms with van der Waals surface area (Å²) in [6, 6.07) is 4.08. The Morgan fingerprint density at radius 1 is 1.10 bits per heavy atom. The number of carbonyl (C=O) groups excluding carboxylic acids is 2. The van der Waals surface area contributed by atoms with Crippen LogP contribution in [0.4, 0.5) is 39.4 Å². The quantitative estimate of drug-likeness (QED) is 0.536. The number of anilines is 3. The standard InChI is InChI=1S/C16H12F4N4O5S/c17-11-5-10(6-12(25)14(11)24-7-13(26)23-30(24,28)29)22-15(27)21-9-3-1-8(2-4-9)16(18,19)20/h1-6,25H,7H2,(H,23,26)(H2,21,22,27). The Morgan fingerprint density at radius 2 is 1.70 bits per heavy atom. The maximum Gasteiger partial charge on any atom is 0.416 e. The van der Waals surface area contributed by atoms with Gasteiger partial charge in [-0.1, -0.05) is 0 Å². The van der Waals surface area contributed by atoms with E-state index in [9.17, 15) is 40.7 Å². The molecule has 14 heteroatoms. The van der Waals surface area contributed by atoms with Crippen LogP contribution in [0, 0.1) is 5.82 Å². The number of nitrogens with one attached hydrogen (secondary N) is 3. The molecule has 0 saturated carbocycles. The molecule has 9 nitrogen and oxygen atoms in total. The van der Waals surface area contributed by atoms with E-state index in [1.54, 1.807) is 4.72 Å². The summed E-state index contributed by atoms with van der Waals surface area (Å²) in [6.07, 6.45) is -4.54. The van der Waals surface area contributed by atoms with Gasteiger partial charge in [0, 0.05) is 17.4 Å². The lowest BCUT2D eigenvalue weighted by molar-refractivity contribution is -0.137. The van der Waals surface area contributed by atoms with Crippen molar-refractivity contribution in [3.63, 3.8) is 0 Å². The first-order chi connectivity index (χ1) is 13.9. The van der Waals surface area contributed by atoms with Crippen molar-refractivity contribution in [1.82, 2.24) is 4.72 Å². The number of amides is 3. The second-order valence-corrected chi connectivity index (χ2v) is 7.61. The molecule has 3 rings (SSSR count). The number of carbonyl (C=O) groups is 2. The van der Waals surface area contributed by atoms with Crippen LogP contribution in [0.1, 0.15) is 5.56 Å². The molecule has 2 aromatic carbocycles. The van der Waals surface area contributed by atoms with Crippen molar-refractivity contribution in [2.24, 2.45) is 0 Å². The number of phenolic OH excluding ortho intramolecular Hbond substituents is 1. The molecule has 0 spiro atoms. The maximum absolute atomic E-state index is 14.4. The number of urea groups is 1. The van der Waals surface area contributed by atoms with Crippen LogP contribution in [0.3, 0.4) is 0 Å². The van der Waals surface area contributed by atoms with Crippen LogP contribution in [0.5, 0.6) is 5.75 Å². The number of benzene rings is 2. The van der Waals surface area contributed by atoms with Crippen molar-refractivity contribution >= 4 is 39.2 Å². The molecular formula is C16H12F4N4O5S. The number of nitrogens with zero attached hydrogens (tertiary/aromatic N) is 1. The topological polar surface area (TPSA) is 128 Å². The summed E-state index contributed by atoms with van der Waals surface area (Å²) in [5, 5.41) is 14.4. The van der Waals surface area contributed by atoms with Gasteiger partial charge in [-0.2, -0.15) is 21.6 Å². The van der Waals surface area contributed by atoms with E-state index in [-0.39, 0.29) is 11.4 Å². The molecule has 2 aromatic rings. The van der Waals surface area contributed by atoms with Crippen molar-refractivity contribution in [3.05, 3.63) is 47.8 Å². The molecule has 0 atom stereocenters. The van der Waals surface area contributed by atoms with E-state index in [1.807, 2.05) is 0 Å². The number of phenols is 1. The number of rotatable bonds is 3. The fourth-order valence-corrected chi connectivity index (χ4v) is 3.76. The number of hydrogen-bond donors (Lipinski definition) is 4. The normalized spacial score (nSPS) is 15.6. The van der Waals surface area contributed by atoms with Crippen LogP contribution in [0.15, 0.2) is 36.4 Å². The zero-order valence-electron chi connectivity index (χ0n) is 14.6.